The highest BCUT2D eigenvalue weighted by atomic mass is 32.2. The second-order valence-corrected chi connectivity index (χ2v) is 17.3. The van der Waals surface area contributed by atoms with E-state index in [9.17, 15) is 22.8 Å². The molecule has 0 unspecified atom stereocenters. The van der Waals surface area contributed by atoms with Crippen molar-refractivity contribution in [3.05, 3.63) is 35.9 Å². The van der Waals surface area contributed by atoms with Crippen molar-refractivity contribution < 1.29 is 37.0 Å². The molecule has 1 saturated heterocycles. The largest absolute Gasteiger partial charge is 0.496 e. The van der Waals surface area contributed by atoms with E-state index in [1.807, 2.05) is 45.1 Å². The zero-order chi connectivity index (χ0) is 36.0. The predicted octanol–water partition coefficient (Wildman–Crippen LogP) is 4.50. The van der Waals surface area contributed by atoms with Crippen LogP contribution in [0.25, 0.3) is 10.9 Å². The van der Waals surface area contributed by atoms with Gasteiger partial charge in [-0.05, 0) is 84.3 Å². The molecule has 2 aromatic rings. The standard InChI is InChI=1S/C37H50N4O8S/c1-22(2)48-32-18-31(26-13-14-30(47-5)23(3)33(26)39-32)49-25-17-28-29(42)20-37(35(44)40-50(45,46)36(4)15-16-36)19-24(37)11-9-7-6-8-10-12-27(38)34(43)41(28)21-25/h9,11,13-14,18,22,24-25,27-28H,6-8,10,12,15-17,19-21,38H2,1-5H3,(H,40,44)/b11-9-/t24-,25+,27-,28-,37+/m0/s1. The summed E-state index contributed by atoms with van der Waals surface area (Å²) in [6.45, 7) is 7.46. The van der Waals surface area contributed by atoms with Crippen LogP contribution in [0.4, 0.5) is 0 Å². The molecule has 12 nitrogen and oxygen atoms in total. The SMILES string of the molecule is COc1ccc2c(O[C@@H]3C[C@H]4C(=O)C[C@]5(C(=O)NS(=O)(=O)C6(C)CC6)C[C@@H]5/C=C\CCCCC[C@H](N)C(=O)N4C3)cc(OC(C)C)nc2c1C. The summed E-state index contributed by atoms with van der Waals surface area (Å²) in [6.07, 6.45) is 8.39. The van der Waals surface area contributed by atoms with Gasteiger partial charge in [-0.2, -0.15) is 0 Å². The van der Waals surface area contributed by atoms with Crippen molar-refractivity contribution in [2.75, 3.05) is 13.7 Å². The van der Waals surface area contributed by atoms with Crippen molar-refractivity contribution in [3.8, 4) is 17.4 Å². The number of carbonyl (C=O) groups is 3. The Hall–Kier alpha value is -3.71. The van der Waals surface area contributed by atoms with Crippen LogP contribution in [0.2, 0.25) is 0 Å². The number of ketones is 1. The van der Waals surface area contributed by atoms with E-state index in [4.69, 9.17) is 24.9 Å². The third kappa shape index (κ3) is 7.08. The minimum absolute atomic E-state index is 0.123. The number of benzene rings is 1. The number of ether oxygens (including phenoxy) is 3. The fraction of sp³-hybridized carbons (Fsp3) is 0.622. The second-order valence-electron chi connectivity index (χ2n) is 15.1. The molecular formula is C37H50N4O8S. The molecular weight excluding hydrogens is 660 g/mol. The van der Waals surface area contributed by atoms with E-state index in [2.05, 4.69) is 4.72 Å². The Kier molecular flexibility index (Phi) is 9.95. The van der Waals surface area contributed by atoms with E-state index in [1.165, 1.54) is 4.90 Å². The molecule has 2 saturated carbocycles. The summed E-state index contributed by atoms with van der Waals surface area (Å²) in [7, 11) is -2.31. The third-order valence-electron chi connectivity index (χ3n) is 10.9. The lowest BCUT2D eigenvalue weighted by atomic mass is 9.91. The third-order valence-corrected chi connectivity index (χ3v) is 13.0. The highest BCUT2D eigenvalue weighted by Crippen LogP contribution is 2.57. The van der Waals surface area contributed by atoms with Gasteiger partial charge in [-0.3, -0.25) is 19.1 Å². The number of carbonyl (C=O) groups excluding carboxylic acids is 3. The fourth-order valence-corrected chi connectivity index (χ4v) is 8.67. The molecule has 50 heavy (non-hydrogen) atoms. The summed E-state index contributed by atoms with van der Waals surface area (Å²) in [4.78, 5) is 48.2. The molecule has 0 radical (unpaired) electrons. The lowest BCUT2D eigenvalue weighted by Crippen LogP contribution is -2.50. The van der Waals surface area contributed by atoms with E-state index in [-0.39, 0.29) is 43.1 Å². The van der Waals surface area contributed by atoms with Crippen LogP contribution in [0.3, 0.4) is 0 Å². The first-order valence-corrected chi connectivity index (χ1v) is 19.3. The van der Waals surface area contributed by atoms with Gasteiger partial charge in [0.25, 0.3) is 0 Å². The number of allylic oxidation sites excluding steroid dienone is 2. The van der Waals surface area contributed by atoms with Crippen LogP contribution >= 0.6 is 0 Å². The molecule has 2 aliphatic carbocycles. The number of nitrogens with zero attached hydrogens (tertiary/aromatic N) is 2. The average Bonchev–Trinajstić information content (AvgIpc) is 3.94. The zero-order valence-electron chi connectivity index (χ0n) is 29.7. The lowest BCUT2D eigenvalue weighted by Gasteiger charge is -2.27. The number of amides is 2. The maximum Gasteiger partial charge on any atom is 0.240 e. The highest BCUT2D eigenvalue weighted by Gasteiger charge is 2.62. The molecule has 0 spiro atoms. The van der Waals surface area contributed by atoms with Gasteiger partial charge in [-0.25, -0.2) is 13.4 Å². The number of aromatic nitrogens is 1. The van der Waals surface area contributed by atoms with Crippen LogP contribution < -0.4 is 24.7 Å². The Labute approximate surface area is 294 Å². The number of rotatable bonds is 8. The number of methoxy groups -OCH3 is 1. The van der Waals surface area contributed by atoms with Crippen LogP contribution in [-0.4, -0.2) is 78.6 Å². The Morgan fingerprint density at radius 3 is 2.60 bits per heavy atom. The molecule has 1 aromatic heterocycles. The van der Waals surface area contributed by atoms with Crippen LogP contribution in [0.5, 0.6) is 17.4 Å². The molecule has 272 valence electrons. The van der Waals surface area contributed by atoms with E-state index < -0.39 is 44.3 Å². The molecule has 3 heterocycles. The predicted molar refractivity (Wildman–Crippen MR) is 188 cm³/mol. The maximum absolute atomic E-state index is 14.3. The smallest absolute Gasteiger partial charge is 0.240 e. The van der Waals surface area contributed by atoms with Crippen LogP contribution in [-0.2, 0) is 24.4 Å². The van der Waals surface area contributed by atoms with Crippen LogP contribution in [0.15, 0.2) is 30.4 Å². The number of Topliss-reactive ketones (excluding diaryl/α,β-unsaturated/α-hetero) is 1. The van der Waals surface area contributed by atoms with Crippen molar-refractivity contribution in [2.45, 2.75) is 121 Å². The lowest BCUT2D eigenvalue weighted by molar-refractivity contribution is -0.140. The van der Waals surface area contributed by atoms with Gasteiger partial charge in [0.15, 0.2) is 5.78 Å². The maximum atomic E-state index is 14.3. The van der Waals surface area contributed by atoms with E-state index in [0.29, 0.717) is 48.6 Å². The van der Waals surface area contributed by atoms with Crippen LogP contribution in [0.1, 0.15) is 90.5 Å². The molecule has 3 N–H and O–H groups in total. The molecule has 4 aliphatic rings. The minimum atomic E-state index is -3.90. The van der Waals surface area contributed by atoms with Gasteiger partial charge in [-0.1, -0.05) is 25.0 Å². The van der Waals surface area contributed by atoms with E-state index in [0.717, 1.165) is 36.6 Å². The van der Waals surface area contributed by atoms with Gasteiger partial charge in [-0.15, -0.1) is 0 Å². The number of hydrogen-bond acceptors (Lipinski definition) is 10. The van der Waals surface area contributed by atoms with Crippen molar-refractivity contribution in [1.82, 2.24) is 14.6 Å². The van der Waals surface area contributed by atoms with Crippen molar-refractivity contribution >= 4 is 38.5 Å². The molecule has 3 fully saturated rings. The summed E-state index contributed by atoms with van der Waals surface area (Å²) >= 11 is 0. The van der Waals surface area contributed by atoms with Crippen molar-refractivity contribution in [2.24, 2.45) is 17.1 Å². The highest BCUT2D eigenvalue weighted by molar-refractivity contribution is 7.91. The molecule has 5 atom stereocenters. The first-order valence-electron chi connectivity index (χ1n) is 17.8. The molecule has 6 rings (SSSR count). The Bertz CT molecular complexity index is 1810. The molecule has 1 aromatic carbocycles. The topological polar surface area (TPSA) is 167 Å². The Balaban J connectivity index is 1.31. The van der Waals surface area contributed by atoms with Gasteiger partial charge in [0.1, 0.15) is 17.6 Å². The molecule has 0 bridgehead atoms. The Morgan fingerprint density at radius 1 is 1.14 bits per heavy atom. The summed E-state index contributed by atoms with van der Waals surface area (Å²) in [5.41, 5.74) is 6.70. The number of fused-ring (bicyclic) bond motifs is 3. The van der Waals surface area contributed by atoms with Gasteiger partial charge < -0.3 is 24.8 Å². The van der Waals surface area contributed by atoms with Crippen molar-refractivity contribution in [1.29, 1.82) is 0 Å². The number of nitrogens with one attached hydrogen (secondary N) is 1. The summed E-state index contributed by atoms with van der Waals surface area (Å²) in [5, 5.41) is 0.729. The second kappa shape index (κ2) is 13.8. The van der Waals surface area contributed by atoms with Crippen molar-refractivity contribution in [3.63, 3.8) is 0 Å². The first-order chi connectivity index (χ1) is 23.7. The molecule has 2 amide bonds. The molecule has 13 heteroatoms. The molecule has 2 aliphatic heterocycles. The number of sulfonamides is 1. The van der Waals surface area contributed by atoms with Gasteiger partial charge in [0.2, 0.25) is 27.7 Å². The van der Waals surface area contributed by atoms with E-state index in [1.54, 1.807) is 20.1 Å². The average molecular weight is 711 g/mol. The van der Waals surface area contributed by atoms with Gasteiger partial charge >= 0.3 is 0 Å². The number of hydrogen-bond donors (Lipinski definition) is 2. The normalized spacial score (nSPS) is 29.0. The van der Waals surface area contributed by atoms with Gasteiger partial charge in [0.05, 0.1) is 47.5 Å². The summed E-state index contributed by atoms with van der Waals surface area (Å²) in [6, 6.07) is 3.75. The monoisotopic (exact) mass is 710 g/mol. The summed E-state index contributed by atoms with van der Waals surface area (Å²) in [5.74, 6) is -0.0310. The quantitative estimate of drug-likeness (QED) is 0.373. The zero-order valence-corrected chi connectivity index (χ0v) is 30.5. The number of pyridine rings is 1. The minimum Gasteiger partial charge on any atom is -0.496 e. The fourth-order valence-electron chi connectivity index (χ4n) is 7.34. The van der Waals surface area contributed by atoms with Crippen LogP contribution in [0, 0.1) is 18.3 Å². The van der Waals surface area contributed by atoms with E-state index >= 15 is 0 Å². The Morgan fingerprint density at radius 2 is 1.90 bits per heavy atom. The first kappa shape index (κ1) is 36.1. The number of aryl methyl sites for hydroxylation is 1. The summed E-state index contributed by atoms with van der Waals surface area (Å²) < 4.78 is 45.6. The number of nitrogens with two attached hydrogens (primary N) is 1. The van der Waals surface area contributed by atoms with Gasteiger partial charge in [0, 0.05) is 29.9 Å².